The van der Waals surface area contributed by atoms with Crippen LogP contribution in [0.25, 0.3) is 5.76 Å². The van der Waals surface area contributed by atoms with Crippen molar-refractivity contribution in [1.29, 1.82) is 0 Å². The molecule has 1 saturated carbocycles. The number of rotatable bonds is 4. The highest BCUT2D eigenvalue weighted by atomic mass is 16.5. The number of pyridine rings is 1. The molecule has 1 aromatic carbocycles. The lowest BCUT2D eigenvalue weighted by atomic mass is 9.94. The molecule has 1 unspecified atom stereocenters. The Labute approximate surface area is 176 Å². The summed E-state index contributed by atoms with van der Waals surface area (Å²) in [6.07, 6.45) is 7.08. The molecule has 1 aromatic heterocycles. The minimum atomic E-state index is -0.660. The number of hydrogen-bond donors (Lipinski definition) is 1. The minimum Gasteiger partial charge on any atom is -0.507 e. The second-order valence-corrected chi connectivity index (χ2v) is 8.09. The number of Topliss-reactive ketones (excluding diaryl/α,β-unsaturated/α-hetero) is 1. The van der Waals surface area contributed by atoms with E-state index in [1.807, 2.05) is 26.0 Å². The largest absolute Gasteiger partial charge is 0.507 e. The van der Waals surface area contributed by atoms with Crippen LogP contribution in [0.5, 0.6) is 5.75 Å². The zero-order chi connectivity index (χ0) is 21.4. The quantitative estimate of drug-likeness (QED) is 0.470. The van der Waals surface area contributed by atoms with E-state index in [9.17, 15) is 14.7 Å². The van der Waals surface area contributed by atoms with Crippen molar-refractivity contribution in [2.24, 2.45) is 0 Å². The van der Waals surface area contributed by atoms with Gasteiger partial charge in [0.25, 0.3) is 11.7 Å². The maximum atomic E-state index is 13.2. The number of methoxy groups -OCH3 is 1. The Morgan fingerprint density at radius 1 is 1.20 bits per heavy atom. The fourth-order valence-electron chi connectivity index (χ4n) is 4.82. The average molecular weight is 406 g/mol. The number of aromatic nitrogens is 1. The lowest BCUT2D eigenvalue weighted by Crippen LogP contribution is -2.37. The number of likely N-dealkylation sites (tertiary alicyclic amines) is 1. The fourth-order valence-corrected chi connectivity index (χ4v) is 4.82. The van der Waals surface area contributed by atoms with Crippen LogP contribution in [-0.2, 0) is 9.59 Å². The van der Waals surface area contributed by atoms with Crippen LogP contribution in [0.2, 0.25) is 0 Å². The maximum absolute atomic E-state index is 13.2. The van der Waals surface area contributed by atoms with Crippen LogP contribution >= 0.6 is 0 Å². The third-order valence-electron chi connectivity index (χ3n) is 6.08. The summed E-state index contributed by atoms with van der Waals surface area (Å²) >= 11 is 0. The van der Waals surface area contributed by atoms with Crippen molar-refractivity contribution < 1.29 is 19.4 Å². The summed E-state index contributed by atoms with van der Waals surface area (Å²) in [7, 11) is 1.53. The zero-order valence-corrected chi connectivity index (χ0v) is 17.5. The van der Waals surface area contributed by atoms with Crippen LogP contribution < -0.4 is 4.74 Å². The molecule has 30 heavy (non-hydrogen) atoms. The van der Waals surface area contributed by atoms with E-state index in [4.69, 9.17) is 4.74 Å². The number of aliphatic hydroxyl groups is 1. The van der Waals surface area contributed by atoms with Crippen molar-refractivity contribution in [1.82, 2.24) is 9.88 Å². The summed E-state index contributed by atoms with van der Waals surface area (Å²) < 4.78 is 5.53. The van der Waals surface area contributed by atoms with Crippen molar-refractivity contribution in [2.45, 2.75) is 51.6 Å². The van der Waals surface area contributed by atoms with E-state index in [1.54, 1.807) is 29.4 Å². The molecule has 1 saturated heterocycles. The number of ether oxygens (including phenoxy) is 1. The minimum absolute atomic E-state index is 0.0157. The second kappa shape index (κ2) is 7.94. The molecule has 2 fully saturated rings. The number of carbonyl (C=O) groups excluding carboxylic acids is 2. The number of aryl methyl sites for hydroxylation is 2. The van der Waals surface area contributed by atoms with E-state index < -0.39 is 17.7 Å². The molecule has 1 atom stereocenters. The standard InChI is InChI=1S/C24H26N2O4/c1-14-11-15(2)23(30-3)18(12-14)21(27)19-20(16-7-6-10-25-13-16)26(24(29)22(19)28)17-8-4-5-9-17/h6-7,10-13,17,20,27H,4-5,8-9H2,1-3H3/b21-19+. The molecular weight excluding hydrogens is 380 g/mol. The number of hydrogen-bond acceptors (Lipinski definition) is 5. The van der Waals surface area contributed by atoms with E-state index in [0.29, 0.717) is 16.9 Å². The van der Waals surface area contributed by atoms with Crippen molar-refractivity contribution in [3.63, 3.8) is 0 Å². The van der Waals surface area contributed by atoms with Crippen LogP contribution in [0.15, 0.2) is 42.2 Å². The molecule has 2 aromatic rings. The van der Waals surface area contributed by atoms with Gasteiger partial charge in [-0.05, 0) is 55.5 Å². The summed E-state index contributed by atoms with van der Waals surface area (Å²) in [6, 6.07) is 6.68. The molecular formula is C24H26N2O4. The lowest BCUT2D eigenvalue weighted by molar-refractivity contribution is -0.141. The lowest BCUT2D eigenvalue weighted by Gasteiger charge is -2.30. The van der Waals surface area contributed by atoms with Crippen LogP contribution in [0.3, 0.4) is 0 Å². The Kier molecular flexibility index (Phi) is 5.33. The number of aliphatic hydroxyl groups excluding tert-OH is 1. The predicted octanol–water partition coefficient (Wildman–Crippen LogP) is 4.07. The number of amides is 1. The van der Waals surface area contributed by atoms with E-state index in [0.717, 1.165) is 36.8 Å². The van der Waals surface area contributed by atoms with Gasteiger partial charge in [0.15, 0.2) is 0 Å². The van der Waals surface area contributed by atoms with Crippen molar-refractivity contribution in [2.75, 3.05) is 7.11 Å². The van der Waals surface area contributed by atoms with Gasteiger partial charge in [0.1, 0.15) is 11.5 Å². The van der Waals surface area contributed by atoms with Gasteiger partial charge in [-0.1, -0.05) is 25.0 Å². The average Bonchev–Trinajstić information content (AvgIpc) is 3.35. The van der Waals surface area contributed by atoms with Gasteiger partial charge in [-0.25, -0.2) is 0 Å². The molecule has 2 heterocycles. The van der Waals surface area contributed by atoms with Gasteiger partial charge in [0, 0.05) is 18.4 Å². The van der Waals surface area contributed by atoms with Crippen molar-refractivity contribution in [3.8, 4) is 5.75 Å². The molecule has 6 nitrogen and oxygen atoms in total. The van der Waals surface area contributed by atoms with Gasteiger partial charge < -0.3 is 14.7 Å². The monoisotopic (exact) mass is 406 g/mol. The third-order valence-corrected chi connectivity index (χ3v) is 6.08. The first-order valence-corrected chi connectivity index (χ1v) is 10.3. The number of ketones is 1. The Balaban J connectivity index is 1.95. The summed E-state index contributed by atoms with van der Waals surface area (Å²) in [5.74, 6) is -0.920. The molecule has 1 N–H and O–H groups in total. The fraction of sp³-hybridized carbons (Fsp3) is 0.375. The molecule has 1 aliphatic heterocycles. The molecule has 2 aliphatic rings. The molecule has 0 spiro atoms. The molecule has 6 heteroatoms. The normalized spacial score (nSPS) is 21.4. The molecule has 1 aliphatic carbocycles. The van der Waals surface area contributed by atoms with Crippen molar-refractivity contribution >= 4 is 17.4 Å². The van der Waals surface area contributed by atoms with Gasteiger partial charge >= 0.3 is 0 Å². The Morgan fingerprint density at radius 3 is 2.57 bits per heavy atom. The van der Waals surface area contributed by atoms with Crippen LogP contribution in [0.4, 0.5) is 0 Å². The molecule has 4 rings (SSSR count). The van der Waals surface area contributed by atoms with Gasteiger partial charge in [0.2, 0.25) is 0 Å². The zero-order valence-electron chi connectivity index (χ0n) is 17.5. The molecule has 156 valence electrons. The van der Waals surface area contributed by atoms with Crippen LogP contribution in [0.1, 0.15) is 54.0 Å². The van der Waals surface area contributed by atoms with E-state index in [2.05, 4.69) is 4.98 Å². The molecule has 0 radical (unpaired) electrons. The number of nitrogens with zero attached hydrogens (tertiary/aromatic N) is 2. The molecule has 1 amide bonds. The second-order valence-electron chi connectivity index (χ2n) is 8.09. The van der Waals surface area contributed by atoms with Gasteiger partial charge in [-0.15, -0.1) is 0 Å². The summed E-state index contributed by atoms with van der Waals surface area (Å²) in [6.45, 7) is 3.80. The number of benzene rings is 1. The Bertz CT molecular complexity index is 1020. The SMILES string of the molecule is COc1c(C)cc(C)cc1/C(O)=C1\C(=O)C(=O)N(C2CCCC2)C1c1cccnc1. The van der Waals surface area contributed by atoms with Gasteiger partial charge in [0.05, 0.1) is 24.3 Å². The van der Waals surface area contributed by atoms with Crippen LogP contribution in [-0.4, -0.2) is 39.8 Å². The first kappa shape index (κ1) is 20.1. The Morgan fingerprint density at radius 2 is 1.93 bits per heavy atom. The van der Waals surface area contributed by atoms with Gasteiger partial charge in [-0.2, -0.15) is 0 Å². The predicted molar refractivity (Wildman–Crippen MR) is 113 cm³/mol. The highest BCUT2D eigenvalue weighted by Gasteiger charge is 2.49. The highest BCUT2D eigenvalue weighted by Crippen LogP contribution is 2.44. The number of carbonyl (C=O) groups is 2. The van der Waals surface area contributed by atoms with E-state index in [1.165, 1.54) is 7.11 Å². The first-order valence-electron chi connectivity index (χ1n) is 10.3. The maximum Gasteiger partial charge on any atom is 0.295 e. The highest BCUT2D eigenvalue weighted by molar-refractivity contribution is 6.46. The summed E-state index contributed by atoms with van der Waals surface area (Å²) in [5, 5.41) is 11.3. The topological polar surface area (TPSA) is 79.7 Å². The van der Waals surface area contributed by atoms with E-state index >= 15 is 0 Å². The first-order chi connectivity index (χ1) is 14.4. The van der Waals surface area contributed by atoms with Crippen LogP contribution in [0, 0.1) is 13.8 Å². The van der Waals surface area contributed by atoms with E-state index in [-0.39, 0.29) is 17.4 Å². The summed E-state index contributed by atoms with van der Waals surface area (Å²) in [5.41, 5.74) is 3.02. The third kappa shape index (κ3) is 3.26. The summed E-state index contributed by atoms with van der Waals surface area (Å²) in [4.78, 5) is 32.1. The van der Waals surface area contributed by atoms with Crippen molar-refractivity contribution in [3.05, 3.63) is 64.5 Å². The smallest absolute Gasteiger partial charge is 0.295 e. The Hall–Kier alpha value is -3.15. The molecule has 0 bridgehead atoms. The van der Waals surface area contributed by atoms with Gasteiger partial charge in [-0.3, -0.25) is 14.6 Å².